The Labute approximate surface area is 99.6 Å². The number of nitrogens with zero attached hydrogens (tertiary/aromatic N) is 1. The van der Waals surface area contributed by atoms with Gasteiger partial charge in [0.1, 0.15) is 0 Å². The Morgan fingerprint density at radius 3 is 2.81 bits per heavy atom. The van der Waals surface area contributed by atoms with E-state index >= 15 is 0 Å². The lowest BCUT2D eigenvalue weighted by Crippen LogP contribution is -2.18. The number of nitro benzene ring substituents is 1. The molecule has 1 N–H and O–H groups in total. The highest BCUT2D eigenvalue weighted by Crippen LogP contribution is 2.22. The first-order valence-corrected chi connectivity index (χ1v) is 6.44. The van der Waals surface area contributed by atoms with Crippen molar-refractivity contribution in [1.82, 2.24) is 0 Å². The molecule has 1 unspecified atom stereocenters. The predicted molar refractivity (Wildman–Crippen MR) is 69.3 cm³/mol. The number of hydrogen-bond donors (Lipinski definition) is 1. The van der Waals surface area contributed by atoms with Gasteiger partial charge in [-0.2, -0.15) is 11.8 Å². The topological polar surface area (TPSA) is 55.2 Å². The Kier molecular flexibility index (Phi) is 4.61. The fourth-order valence-corrected chi connectivity index (χ4v) is 2.02. The van der Waals surface area contributed by atoms with Crippen LogP contribution < -0.4 is 5.32 Å². The second-order valence-corrected chi connectivity index (χ2v) is 4.67. The van der Waals surface area contributed by atoms with Crippen LogP contribution in [0.2, 0.25) is 0 Å². The van der Waals surface area contributed by atoms with E-state index in [1.807, 2.05) is 13.2 Å². The summed E-state index contributed by atoms with van der Waals surface area (Å²) in [5, 5.41) is 13.9. The molecule has 1 rings (SSSR count). The minimum absolute atomic E-state index is 0.129. The molecule has 0 saturated carbocycles. The average Bonchev–Trinajstić information content (AvgIpc) is 2.21. The van der Waals surface area contributed by atoms with Crippen LogP contribution >= 0.6 is 11.8 Å². The second kappa shape index (κ2) is 5.75. The van der Waals surface area contributed by atoms with Crippen molar-refractivity contribution in [1.29, 1.82) is 0 Å². The van der Waals surface area contributed by atoms with Gasteiger partial charge in [-0.15, -0.1) is 0 Å². The lowest BCUT2D eigenvalue weighted by molar-refractivity contribution is -0.384. The quantitative estimate of drug-likeness (QED) is 0.634. The summed E-state index contributed by atoms with van der Waals surface area (Å²) in [6.45, 7) is 4.01. The Morgan fingerprint density at radius 1 is 1.56 bits per heavy atom. The van der Waals surface area contributed by atoms with Crippen LogP contribution in [0.25, 0.3) is 0 Å². The molecule has 16 heavy (non-hydrogen) atoms. The van der Waals surface area contributed by atoms with Gasteiger partial charge in [0.05, 0.1) is 4.92 Å². The predicted octanol–water partition coefficient (Wildman–Crippen LogP) is 3.07. The summed E-state index contributed by atoms with van der Waals surface area (Å²) < 4.78 is 0. The third-order valence-corrected chi connectivity index (χ3v) is 3.08. The Balaban J connectivity index is 2.85. The molecule has 0 saturated heterocycles. The van der Waals surface area contributed by atoms with Gasteiger partial charge in [0.25, 0.3) is 5.69 Å². The van der Waals surface area contributed by atoms with Crippen LogP contribution in [0.4, 0.5) is 11.4 Å². The first-order valence-electron chi connectivity index (χ1n) is 5.05. The number of anilines is 1. The fourth-order valence-electron chi connectivity index (χ4n) is 1.44. The molecule has 1 aromatic carbocycles. The first-order chi connectivity index (χ1) is 7.54. The molecular formula is C11H16N2O2S. The van der Waals surface area contributed by atoms with Crippen molar-refractivity contribution in [2.45, 2.75) is 19.9 Å². The summed E-state index contributed by atoms with van der Waals surface area (Å²) in [7, 11) is 0. The van der Waals surface area contributed by atoms with E-state index in [4.69, 9.17) is 0 Å². The Hall–Kier alpha value is -1.23. The van der Waals surface area contributed by atoms with Gasteiger partial charge < -0.3 is 5.32 Å². The summed E-state index contributed by atoms with van der Waals surface area (Å²) in [4.78, 5) is 10.3. The second-order valence-electron chi connectivity index (χ2n) is 3.76. The number of nitrogens with one attached hydrogen (secondary N) is 1. The summed E-state index contributed by atoms with van der Waals surface area (Å²) in [5.41, 5.74) is 2.00. The molecule has 0 fully saturated rings. The molecule has 0 spiro atoms. The van der Waals surface area contributed by atoms with Gasteiger partial charge in [0.2, 0.25) is 0 Å². The zero-order valence-electron chi connectivity index (χ0n) is 9.69. The summed E-state index contributed by atoms with van der Waals surface area (Å²) in [6, 6.07) is 5.19. The summed E-state index contributed by atoms with van der Waals surface area (Å²) >= 11 is 1.75. The van der Waals surface area contributed by atoms with Crippen LogP contribution in [0.15, 0.2) is 18.2 Å². The summed E-state index contributed by atoms with van der Waals surface area (Å²) in [5.74, 6) is 0.974. The number of nitro groups is 1. The van der Waals surface area contributed by atoms with E-state index in [9.17, 15) is 10.1 Å². The van der Waals surface area contributed by atoms with Crippen molar-refractivity contribution in [2.24, 2.45) is 0 Å². The van der Waals surface area contributed by atoms with Crippen LogP contribution in [-0.4, -0.2) is 23.0 Å². The van der Waals surface area contributed by atoms with Crippen LogP contribution in [0, 0.1) is 17.0 Å². The molecule has 0 aliphatic carbocycles. The normalized spacial score (nSPS) is 12.2. The van der Waals surface area contributed by atoms with Crippen LogP contribution in [0.1, 0.15) is 12.5 Å². The van der Waals surface area contributed by atoms with Crippen molar-refractivity contribution in [3.05, 3.63) is 33.9 Å². The van der Waals surface area contributed by atoms with E-state index in [2.05, 4.69) is 12.2 Å². The highest BCUT2D eigenvalue weighted by atomic mass is 32.2. The smallest absolute Gasteiger partial charge is 0.271 e. The van der Waals surface area contributed by atoms with Crippen LogP contribution in [-0.2, 0) is 0 Å². The first kappa shape index (κ1) is 12.8. The third-order valence-electron chi connectivity index (χ3n) is 2.25. The number of thioether (sulfide) groups is 1. The molecule has 0 radical (unpaired) electrons. The van der Waals surface area contributed by atoms with E-state index < -0.39 is 0 Å². The van der Waals surface area contributed by atoms with Crippen molar-refractivity contribution in [3.63, 3.8) is 0 Å². The number of benzene rings is 1. The highest BCUT2D eigenvalue weighted by Gasteiger charge is 2.10. The van der Waals surface area contributed by atoms with E-state index in [-0.39, 0.29) is 10.6 Å². The van der Waals surface area contributed by atoms with Crippen LogP contribution in [0.5, 0.6) is 0 Å². The van der Waals surface area contributed by atoms with E-state index in [1.54, 1.807) is 23.9 Å². The lowest BCUT2D eigenvalue weighted by Gasteiger charge is -2.15. The van der Waals surface area contributed by atoms with Gasteiger partial charge in [-0.25, -0.2) is 0 Å². The van der Waals surface area contributed by atoms with Crippen molar-refractivity contribution in [2.75, 3.05) is 17.3 Å². The maximum atomic E-state index is 10.6. The Bertz CT molecular complexity index is 382. The largest absolute Gasteiger partial charge is 0.381 e. The van der Waals surface area contributed by atoms with E-state index in [0.717, 1.165) is 17.0 Å². The average molecular weight is 240 g/mol. The number of hydrogen-bond acceptors (Lipinski definition) is 4. The molecule has 5 heteroatoms. The van der Waals surface area contributed by atoms with Crippen molar-refractivity contribution < 1.29 is 4.92 Å². The monoisotopic (exact) mass is 240 g/mol. The van der Waals surface area contributed by atoms with Crippen molar-refractivity contribution >= 4 is 23.1 Å². The third kappa shape index (κ3) is 3.41. The number of aryl methyl sites for hydroxylation is 1. The molecule has 1 atom stereocenters. The molecule has 4 nitrogen and oxygen atoms in total. The molecule has 88 valence electrons. The molecule has 0 aliphatic heterocycles. The van der Waals surface area contributed by atoms with Gasteiger partial charge in [0, 0.05) is 29.6 Å². The summed E-state index contributed by atoms with van der Waals surface area (Å²) in [6.07, 6.45) is 2.04. The van der Waals surface area contributed by atoms with Gasteiger partial charge in [-0.1, -0.05) is 6.07 Å². The number of rotatable bonds is 5. The van der Waals surface area contributed by atoms with Gasteiger partial charge in [-0.3, -0.25) is 10.1 Å². The molecule has 0 heterocycles. The maximum Gasteiger partial charge on any atom is 0.271 e. The lowest BCUT2D eigenvalue weighted by atomic mass is 10.1. The zero-order chi connectivity index (χ0) is 12.1. The molecule has 0 bridgehead atoms. The molecule has 1 aromatic rings. The van der Waals surface area contributed by atoms with Crippen LogP contribution in [0.3, 0.4) is 0 Å². The highest BCUT2D eigenvalue weighted by molar-refractivity contribution is 7.98. The van der Waals surface area contributed by atoms with E-state index in [1.165, 1.54) is 6.07 Å². The minimum Gasteiger partial charge on any atom is -0.381 e. The fraction of sp³-hybridized carbons (Fsp3) is 0.455. The Morgan fingerprint density at radius 2 is 2.25 bits per heavy atom. The number of non-ortho nitro benzene ring substituents is 1. The van der Waals surface area contributed by atoms with Gasteiger partial charge >= 0.3 is 0 Å². The minimum atomic E-state index is -0.371. The van der Waals surface area contributed by atoms with Gasteiger partial charge in [-0.05, 0) is 25.7 Å². The van der Waals surface area contributed by atoms with E-state index in [0.29, 0.717) is 6.04 Å². The van der Waals surface area contributed by atoms with Gasteiger partial charge in [0.15, 0.2) is 0 Å². The SMILES string of the molecule is CSCC(C)Nc1cc([N+](=O)[O-])ccc1C. The maximum absolute atomic E-state index is 10.6. The molecular weight excluding hydrogens is 224 g/mol. The molecule has 0 amide bonds. The molecule has 0 aromatic heterocycles. The zero-order valence-corrected chi connectivity index (χ0v) is 10.5. The standard InChI is InChI=1S/C11H16N2O2S/c1-8-4-5-10(13(14)15)6-11(8)12-9(2)7-16-3/h4-6,9,12H,7H2,1-3H3. The van der Waals surface area contributed by atoms with Crippen molar-refractivity contribution in [3.8, 4) is 0 Å². The molecule has 0 aliphatic rings.